The van der Waals surface area contributed by atoms with Crippen LogP contribution in [0.5, 0.6) is 11.5 Å². The minimum Gasteiger partial charge on any atom is -0.489 e. The number of fused-ring (bicyclic) bond motifs is 1. The summed E-state index contributed by atoms with van der Waals surface area (Å²) in [6.07, 6.45) is 0.788. The first kappa shape index (κ1) is 19.1. The van der Waals surface area contributed by atoms with Crippen molar-refractivity contribution in [2.45, 2.75) is 50.7 Å². The normalized spacial score (nSPS) is 16.9. The van der Waals surface area contributed by atoms with Crippen LogP contribution in [-0.4, -0.2) is 34.1 Å². The number of carbonyl (C=O) groups is 1. The maximum atomic E-state index is 12.5. The summed E-state index contributed by atoms with van der Waals surface area (Å²) in [5, 5.41) is 2.68. The fourth-order valence-electron chi connectivity index (χ4n) is 2.25. The molecule has 134 valence electrons. The van der Waals surface area contributed by atoms with E-state index >= 15 is 0 Å². The van der Waals surface area contributed by atoms with E-state index < -0.39 is 16.0 Å². The van der Waals surface area contributed by atoms with E-state index in [1.807, 2.05) is 20.8 Å². The Hall–Kier alpha value is -1.27. The molecule has 7 heteroatoms. The Kier molecular flexibility index (Phi) is 6.15. The van der Waals surface area contributed by atoms with Crippen LogP contribution in [0.2, 0.25) is 5.02 Å². The zero-order valence-corrected chi connectivity index (χ0v) is 16.1. The minimum absolute atomic E-state index is 0.221. The van der Waals surface area contributed by atoms with E-state index in [-0.39, 0.29) is 17.2 Å². The van der Waals surface area contributed by atoms with Gasteiger partial charge in [-0.15, -0.1) is 0 Å². The van der Waals surface area contributed by atoms with Gasteiger partial charge in [0.2, 0.25) is 5.91 Å². The summed E-state index contributed by atoms with van der Waals surface area (Å²) in [6, 6.07) is 3.51. The first-order valence-electron chi connectivity index (χ1n) is 7.94. The molecule has 2 unspecified atom stereocenters. The first-order chi connectivity index (χ1) is 11.2. The standard InChI is InChI=1S/C17H24ClNO4S/c1-11(16(20)19-17(2,3)4)24(21)10-12-8-13(18)15-14(9-12)22-6-5-7-23-15/h8-9,11H,5-7,10H2,1-4H3,(H,19,20). The molecule has 2 atom stereocenters. The van der Waals surface area contributed by atoms with Gasteiger partial charge in [-0.1, -0.05) is 11.6 Å². The topological polar surface area (TPSA) is 64.6 Å². The number of hydrogen-bond acceptors (Lipinski definition) is 4. The van der Waals surface area contributed by atoms with Gasteiger partial charge >= 0.3 is 0 Å². The largest absolute Gasteiger partial charge is 0.489 e. The van der Waals surface area contributed by atoms with E-state index in [0.717, 1.165) is 12.0 Å². The number of rotatable bonds is 4. The number of hydrogen-bond donors (Lipinski definition) is 1. The highest BCUT2D eigenvalue weighted by Gasteiger charge is 2.25. The van der Waals surface area contributed by atoms with Crippen molar-refractivity contribution in [1.82, 2.24) is 5.32 Å². The third-order valence-electron chi connectivity index (χ3n) is 3.43. The highest BCUT2D eigenvalue weighted by molar-refractivity contribution is 7.85. The smallest absolute Gasteiger partial charge is 0.235 e. The number of nitrogens with one attached hydrogen (secondary N) is 1. The van der Waals surface area contributed by atoms with Crippen LogP contribution in [0.25, 0.3) is 0 Å². The average molecular weight is 374 g/mol. The van der Waals surface area contributed by atoms with Gasteiger partial charge in [-0.05, 0) is 45.4 Å². The molecule has 1 heterocycles. The molecular weight excluding hydrogens is 350 g/mol. The molecular formula is C17H24ClNO4S. The molecule has 0 saturated carbocycles. The van der Waals surface area contributed by atoms with Crippen LogP contribution in [0.15, 0.2) is 12.1 Å². The molecule has 1 aliphatic rings. The molecule has 1 aromatic rings. The van der Waals surface area contributed by atoms with Gasteiger partial charge in [-0.2, -0.15) is 0 Å². The number of carbonyl (C=O) groups excluding carboxylic acids is 1. The summed E-state index contributed by atoms with van der Waals surface area (Å²) in [5.41, 5.74) is 0.409. The summed E-state index contributed by atoms with van der Waals surface area (Å²) in [7, 11) is -1.36. The maximum Gasteiger partial charge on any atom is 0.235 e. The van der Waals surface area contributed by atoms with E-state index in [4.69, 9.17) is 21.1 Å². The predicted molar refractivity (Wildman–Crippen MR) is 96.3 cm³/mol. The summed E-state index contributed by atoms with van der Waals surface area (Å²) in [5.74, 6) is 1.11. The van der Waals surface area contributed by atoms with Crippen molar-refractivity contribution in [3.05, 3.63) is 22.7 Å². The monoisotopic (exact) mass is 373 g/mol. The summed E-state index contributed by atoms with van der Waals surface area (Å²) < 4.78 is 23.7. The molecule has 0 fully saturated rings. The zero-order valence-electron chi connectivity index (χ0n) is 14.5. The lowest BCUT2D eigenvalue weighted by Crippen LogP contribution is -2.46. The molecule has 0 aromatic heterocycles. The Labute approximate surface area is 150 Å². The lowest BCUT2D eigenvalue weighted by atomic mass is 10.1. The minimum atomic E-state index is -1.36. The highest BCUT2D eigenvalue weighted by Crippen LogP contribution is 2.38. The molecule has 0 radical (unpaired) electrons. The van der Waals surface area contributed by atoms with Crippen LogP contribution in [0.1, 0.15) is 39.7 Å². The predicted octanol–water partition coefficient (Wildman–Crippen LogP) is 3.05. The number of benzene rings is 1. The van der Waals surface area contributed by atoms with Crippen LogP contribution in [0, 0.1) is 0 Å². The highest BCUT2D eigenvalue weighted by atomic mass is 35.5. The maximum absolute atomic E-state index is 12.5. The number of amides is 1. The first-order valence-corrected chi connectivity index (χ1v) is 9.70. The van der Waals surface area contributed by atoms with Crippen molar-refractivity contribution in [3.8, 4) is 11.5 Å². The molecule has 1 aromatic carbocycles. The Morgan fingerprint density at radius 3 is 2.67 bits per heavy atom. The molecule has 1 N–H and O–H groups in total. The van der Waals surface area contributed by atoms with Gasteiger partial charge < -0.3 is 14.8 Å². The van der Waals surface area contributed by atoms with Gasteiger partial charge in [0.05, 0.1) is 18.2 Å². The van der Waals surface area contributed by atoms with Crippen molar-refractivity contribution in [1.29, 1.82) is 0 Å². The van der Waals surface area contributed by atoms with Crippen LogP contribution >= 0.6 is 11.6 Å². The van der Waals surface area contributed by atoms with Gasteiger partial charge in [-0.25, -0.2) is 0 Å². The second-order valence-corrected chi connectivity index (χ2v) is 9.03. The Morgan fingerprint density at radius 2 is 2.00 bits per heavy atom. The zero-order chi connectivity index (χ0) is 17.9. The summed E-state index contributed by atoms with van der Waals surface area (Å²) >= 11 is 6.25. The van der Waals surface area contributed by atoms with Gasteiger partial charge in [0, 0.05) is 28.5 Å². The fourth-order valence-corrected chi connectivity index (χ4v) is 3.58. The van der Waals surface area contributed by atoms with Crippen LogP contribution in [-0.2, 0) is 21.3 Å². The van der Waals surface area contributed by atoms with Crippen LogP contribution in [0.3, 0.4) is 0 Å². The van der Waals surface area contributed by atoms with Crippen molar-refractivity contribution in [2.24, 2.45) is 0 Å². The van der Waals surface area contributed by atoms with E-state index in [9.17, 15) is 9.00 Å². The number of ether oxygens (including phenoxy) is 2. The molecule has 1 amide bonds. The van der Waals surface area contributed by atoms with Gasteiger partial charge in [0.15, 0.2) is 11.5 Å². The van der Waals surface area contributed by atoms with Crippen molar-refractivity contribution in [2.75, 3.05) is 13.2 Å². The SMILES string of the molecule is CC(C(=O)NC(C)(C)C)S(=O)Cc1cc(Cl)c2c(c1)OCCCO2. The van der Waals surface area contributed by atoms with E-state index in [2.05, 4.69) is 5.32 Å². The average Bonchev–Trinajstić information content (AvgIpc) is 2.70. The molecule has 2 rings (SSSR count). The Balaban J connectivity index is 2.10. The van der Waals surface area contributed by atoms with Crippen molar-refractivity contribution >= 4 is 28.3 Å². The van der Waals surface area contributed by atoms with Crippen molar-refractivity contribution in [3.63, 3.8) is 0 Å². The lowest BCUT2D eigenvalue weighted by Gasteiger charge is -2.23. The summed E-state index contributed by atoms with van der Waals surface area (Å²) in [4.78, 5) is 12.2. The van der Waals surface area contributed by atoms with Gasteiger partial charge in [0.1, 0.15) is 5.25 Å². The van der Waals surface area contributed by atoms with E-state index in [0.29, 0.717) is 29.7 Å². The summed E-state index contributed by atoms with van der Waals surface area (Å²) in [6.45, 7) is 8.46. The molecule has 1 aliphatic heterocycles. The molecule has 24 heavy (non-hydrogen) atoms. The molecule has 0 aliphatic carbocycles. The number of halogens is 1. The molecule has 0 bridgehead atoms. The Morgan fingerprint density at radius 1 is 1.33 bits per heavy atom. The Bertz CT molecular complexity index is 642. The third-order valence-corrected chi connectivity index (χ3v) is 5.33. The van der Waals surface area contributed by atoms with Crippen LogP contribution < -0.4 is 14.8 Å². The molecule has 0 saturated heterocycles. The van der Waals surface area contributed by atoms with Crippen molar-refractivity contribution < 1.29 is 18.5 Å². The molecule has 5 nitrogen and oxygen atoms in total. The van der Waals surface area contributed by atoms with E-state index in [1.54, 1.807) is 19.1 Å². The van der Waals surface area contributed by atoms with E-state index in [1.165, 1.54) is 0 Å². The third kappa shape index (κ3) is 5.11. The quantitative estimate of drug-likeness (QED) is 0.880. The fraction of sp³-hybridized carbons (Fsp3) is 0.588. The molecule has 0 spiro atoms. The van der Waals surface area contributed by atoms with Gasteiger partial charge in [0.25, 0.3) is 0 Å². The second kappa shape index (κ2) is 7.74. The van der Waals surface area contributed by atoms with Crippen LogP contribution in [0.4, 0.5) is 0 Å². The lowest BCUT2D eigenvalue weighted by molar-refractivity contribution is -0.121. The van der Waals surface area contributed by atoms with Gasteiger partial charge in [-0.3, -0.25) is 9.00 Å². The second-order valence-electron chi connectivity index (χ2n) is 6.86.